The molecular weight excluding hydrogens is 362 g/mol. The molecule has 0 radical (unpaired) electrons. The van der Waals surface area contributed by atoms with Crippen LogP contribution in [0.3, 0.4) is 0 Å². The van der Waals surface area contributed by atoms with Gasteiger partial charge in [0.05, 0.1) is 18.9 Å². The highest BCUT2D eigenvalue weighted by molar-refractivity contribution is 5.78. The summed E-state index contributed by atoms with van der Waals surface area (Å²) in [6, 6.07) is 1.75. The second-order valence-electron chi connectivity index (χ2n) is 6.72. The summed E-state index contributed by atoms with van der Waals surface area (Å²) >= 11 is 0. The van der Waals surface area contributed by atoms with Gasteiger partial charge in [0.2, 0.25) is 5.88 Å². The van der Waals surface area contributed by atoms with Crippen LogP contribution in [0.15, 0.2) is 29.5 Å². The third kappa shape index (κ3) is 2.36. The summed E-state index contributed by atoms with van der Waals surface area (Å²) < 4.78 is 4.97. The molecule has 0 aromatic carbocycles. The Bertz CT molecular complexity index is 1250. The second kappa shape index (κ2) is 5.87. The van der Waals surface area contributed by atoms with Gasteiger partial charge >= 0.3 is 5.69 Å². The van der Waals surface area contributed by atoms with Gasteiger partial charge in [0, 0.05) is 43.0 Å². The molecule has 4 aromatic rings. The van der Waals surface area contributed by atoms with Crippen molar-refractivity contribution in [1.29, 1.82) is 0 Å². The van der Waals surface area contributed by atoms with Crippen molar-refractivity contribution in [3.05, 3.63) is 40.8 Å². The van der Waals surface area contributed by atoms with Crippen LogP contribution in [-0.2, 0) is 19.6 Å². The van der Waals surface area contributed by atoms with Gasteiger partial charge in [-0.25, -0.2) is 9.78 Å². The number of H-pyrrole nitrogens is 1. The molecule has 28 heavy (non-hydrogen) atoms. The van der Waals surface area contributed by atoms with E-state index in [0.717, 1.165) is 17.7 Å². The fourth-order valence-corrected chi connectivity index (χ4v) is 3.58. The molecule has 1 aliphatic heterocycles. The molecule has 0 atom stereocenters. The maximum atomic E-state index is 11.8. The average Bonchev–Trinajstić information content (AvgIpc) is 3.39. The number of aromatic amines is 1. The maximum absolute atomic E-state index is 11.8. The van der Waals surface area contributed by atoms with E-state index < -0.39 is 0 Å². The molecule has 0 saturated carbocycles. The number of anilines is 2. The van der Waals surface area contributed by atoms with Gasteiger partial charge in [-0.3, -0.25) is 14.2 Å². The van der Waals surface area contributed by atoms with E-state index in [4.69, 9.17) is 10.7 Å². The van der Waals surface area contributed by atoms with Crippen molar-refractivity contribution in [1.82, 2.24) is 33.9 Å². The number of imidazole rings is 1. The van der Waals surface area contributed by atoms with Crippen molar-refractivity contribution in [3.63, 3.8) is 0 Å². The zero-order chi connectivity index (χ0) is 19.4. The Balaban J connectivity index is 1.58. The van der Waals surface area contributed by atoms with E-state index in [9.17, 15) is 9.90 Å². The minimum absolute atomic E-state index is 0.110. The predicted molar refractivity (Wildman–Crippen MR) is 102 cm³/mol. The number of aromatic nitrogens is 7. The highest BCUT2D eigenvalue weighted by atomic mass is 16.3. The SMILES string of the molecule is CCn1cc(-c2cnn3c(N)cc(N4CCn5c(c(O)[nH]c5=O)C4)nc23)cn1. The maximum Gasteiger partial charge on any atom is 0.328 e. The first-order chi connectivity index (χ1) is 13.5. The molecule has 0 aliphatic carbocycles. The molecule has 5 rings (SSSR count). The molecule has 4 aromatic heterocycles. The molecule has 11 heteroatoms. The summed E-state index contributed by atoms with van der Waals surface area (Å²) in [7, 11) is 0. The molecule has 0 spiro atoms. The predicted octanol–water partition coefficient (Wildman–Crippen LogP) is 0.410. The fraction of sp³-hybridized carbons (Fsp3) is 0.294. The van der Waals surface area contributed by atoms with Crippen molar-refractivity contribution in [2.24, 2.45) is 0 Å². The number of rotatable bonds is 3. The summed E-state index contributed by atoms with van der Waals surface area (Å²) in [6.45, 7) is 4.17. The van der Waals surface area contributed by atoms with Gasteiger partial charge in [0.15, 0.2) is 5.65 Å². The van der Waals surface area contributed by atoms with Crippen LogP contribution in [0, 0.1) is 0 Å². The van der Waals surface area contributed by atoms with Crippen LogP contribution in [0.4, 0.5) is 11.6 Å². The lowest BCUT2D eigenvalue weighted by molar-refractivity contribution is 0.439. The molecule has 11 nitrogen and oxygen atoms in total. The van der Waals surface area contributed by atoms with Gasteiger partial charge < -0.3 is 15.7 Å². The Morgan fingerprint density at radius 1 is 1.29 bits per heavy atom. The number of hydrogen-bond acceptors (Lipinski definition) is 7. The van der Waals surface area contributed by atoms with Crippen molar-refractivity contribution in [2.75, 3.05) is 17.2 Å². The highest BCUT2D eigenvalue weighted by Gasteiger charge is 2.24. The van der Waals surface area contributed by atoms with Crippen molar-refractivity contribution >= 4 is 17.3 Å². The molecule has 0 fully saturated rings. The largest absolute Gasteiger partial charge is 0.493 e. The van der Waals surface area contributed by atoms with E-state index >= 15 is 0 Å². The second-order valence-corrected chi connectivity index (χ2v) is 6.72. The van der Waals surface area contributed by atoms with E-state index in [2.05, 4.69) is 15.2 Å². The molecular formula is C17H19N9O2. The van der Waals surface area contributed by atoms with Crippen LogP contribution in [0.25, 0.3) is 16.8 Å². The van der Waals surface area contributed by atoms with E-state index in [0.29, 0.717) is 42.6 Å². The van der Waals surface area contributed by atoms with Gasteiger partial charge in [-0.15, -0.1) is 0 Å². The third-order valence-electron chi connectivity index (χ3n) is 5.08. The number of nitrogens with two attached hydrogens (primary N) is 1. The van der Waals surface area contributed by atoms with E-state index in [1.165, 1.54) is 4.57 Å². The molecule has 144 valence electrons. The molecule has 0 saturated heterocycles. The van der Waals surface area contributed by atoms with Crippen molar-refractivity contribution < 1.29 is 5.11 Å². The summed E-state index contributed by atoms with van der Waals surface area (Å²) in [5.74, 6) is 1.00. The van der Waals surface area contributed by atoms with Gasteiger partial charge in [-0.05, 0) is 6.92 Å². The van der Waals surface area contributed by atoms with Crippen LogP contribution < -0.4 is 16.3 Å². The lowest BCUT2D eigenvalue weighted by atomic mass is 10.2. The summed E-state index contributed by atoms with van der Waals surface area (Å²) in [5.41, 5.74) is 8.83. The molecule has 0 amide bonds. The van der Waals surface area contributed by atoms with Gasteiger partial charge in [0.25, 0.3) is 0 Å². The van der Waals surface area contributed by atoms with Gasteiger partial charge in [-0.2, -0.15) is 14.7 Å². The number of aryl methyl sites for hydroxylation is 1. The molecule has 4 N–H and O–H groups in total. The summed E-state index contributed by atoms with van der Waals surface area (Å²) in [5, 5.41) is 18.7. The Kier molecular flexibility index (Phi) is 3.44. The lowest BCUT2D eigenvalue weighted by Gasteiger charge is -2.28. The average molecular weight is 381 g/mol. The highest BCUT2D eigenvalue weighted by Crippen LogP contribution is 2.29. The number of nitrogen functional groups attached to an aromatic ring is 1. The van der Waals surface area contributed by atoms with E-state index in [-0.39, 0.29) is 11.6 Å². The topological polar surface area (TPSA) is 135 Å². The van der Waals surface area contributed by atoms with Crippen molar-refractivity contribution in [2.45, 2.75) is 26.6 Å². The van der Waals surface area contributed by atoms with Crippen LogP contribution in [0.2, 0.25) is 0 Å². The molecule has 0 bridgehead atoms. The Labute approximate surface area is 158 Å². The lowest BCUT2D eigenvalue weighted by Crippen LogP contribution is -2.37. The van der Waals surface area contributed by atoms with Gasteiger partial charge in [-0.1, -0.05) is 0 Å². The zero-order valence-corrected chi connectivity index (χ0v) is 15.2. The summed E-state index contributed by atoms with van der Waals surface area (Å²) in [6.07, 6.45) is 5.45. The molecule has 5 heterocycles. The first-order valence-corrected chi connectivity index (χ1v) is 8.98. The Morgan fingerprint density at radius 3 is 2.93 bits per heavy atom. The minimum atomic E-state index is -0.305. The van der Waals surface area contributed by atoms with Crippen molar-refractivity contribution in [3.8, 4) is 17.0 Å². The van der Waals surface area contributed by atoms with E-state index in [1.807, 2.05) is 22.7 Å². The molecule has 0 unspecified atom stereocenters. The Morgan fingerprint density at radius 2 is 2.14 bits per heavy atom. The van der Waals surface area contributed by atoms with Crippen LogP contribution in [0.1, 0.15) is 12.6 Å². The monoisotopic (exact) mass is 381 g/mol. The van der Waals surface area contributed by atoms with E-state index in [1.54, 1.807) is 23.0 Å². The Hall–Kier alpha value is -3.76. The van der Waals surface area contributed by atoms with Crippen LogP contribution >= 0.6 is 0 Å². The number of fused-ring (bicyclic) bond motifs is 2. The first kappa shape index (κ1) is 16.4. The minimum Gasteiger partial charge on any atom is -0.493 e. The normalized spacial score (nSPS) is 14.0. The van der Waals surface area contributed by atoms with Gasteiger partial charge in [0.1, 0.15) is 17.3 Å². The molecule has 1 aliphatic rings. The number of nitrogens with one attached hydrogen (secondary N) is 1. The standard InChI is InChI=1S/C17H19N9O2/c1-2-24-8-10(6-19-24)11-7-20-26-13(18)5-14(21-15(11)26)23-3-4-25-12(9-23)16(27)22-17(25)28/h5-8,27H,2-4,9,18H2,1H3,(H,22,28). The summed E-state index contributed by atoms with van der Waals surface area (Å²) in [4.78, 5) is 21.0. The smallest absolute Gasteiger partial charge is 0.328 e. The van der Waals surface area contributed by atoms with Crippen LogP contribution in [0.5, 0.6) is 5.88 Å². The number of nitrogens with zero attached hydrogens (tertiary/aromatic N) is 7. The first-order valence-electron chi connectivity index (χ1n) is 8.98. The quantitative estimate of drug-likeness (QED) is 0.468. The third-order valence-corrected chi connectivity index (χ3v) is 5.08. The zero-order valence-electron chi connectivity index (χ0n) is 15.2. The number of aromatic hydroxyl groups is 1. The number of hydrogen-bond donors (Lipinski definition) is 3. The van der Waals surface area contributed by atoms with Crippen LogP contribution in [-0.4, -0.2) is 45.6 Å². The fourth-order valence-electron chi connectivity index (χ4n) is 3.58.